The molecule has 0 radical (unpaired) electrons. The van der Waals surface area contributed by atoms with Gasteiger partial charge in [0.15, 0.2) is 0 Å². The summed E-state index contributed by atoms with van der Waals surface area (Å²) >= 11 is 0. The standard InChI is InChI=1S/C15H27NO2/c1-3-12-6-4-5-7-13(12)16-10-8-15(2,9-11-16)14(17)18/h12-13H,3-11H2,1-2H3,(H,17,18). The highest BCUT2D eigenvalue weighted by molar-refractivity contribution is 5.74. The maximum atomic E-state index is 11.3. The Bertz CT molecular complexity index is 295. The molecule has 1 saturated heterocycles. The molecule has 1 aliphatic carbocycles. The van der Waals surface area contributed by atoms with Crippen LogP contribution in [0.5, 0.6) is 0 Å². The van der Waals surface area contributed by atoms with E-state index in [9.17, 15) is 9.90 Å². The van der Waals surface area contributed by atoms with Gasteiger partial charge < -0.3 is 10.0 Å². The zero-order chi connectivity index (χ0) is 13.2. The molecule has 0 spiro atoms. The van der Waals surface area contributed by atoms with Gasteiger partial charge in [-0.15, -0.1) is 0 Å². The monoisotopic (exact) mass is 253 g/mol. The van der Waals surface area contributed by atoms with Gasteiger partial charge in [-0.1, -0.05) is 26.2 Å². The van der Waals surface area contributed by atoms with Crippen LogP contribution >= 0.6 is 0 Å². The number of carboxylic acid groups (broad SMARTS) is 1. The van der Waals surface area contributed by atoms with E-state index < -0.39 is 11.4 Å². The van der Waals surface area contributed by atoms with E-state index in [1.807, 2.05) is 6.92 Å². The predicted octanol–water partition coefficient (Wildman–Crippen LogP) is 3.14. The maximum absolute atomic E-state index is 11.3. The highest BCUT2D eigenvalue weighted by atomic mass is 16.4. The summed E-state index contributed by atoms with van der Waals surface area (Å²) in [6.07, 6.45) is 8.33. The Labute approximate surface area is 111 Å². The molecule has 104 valence electrons. The molecule has 0 aromatic carbocycles. The second-order valence-electron chi connectivity index (χ2n) is 6.42. The number of hydrogen-bond acceptors (Lipinski definition) is 2. The molecule has 2 rings (SSSR count). The van der Waals surface area contributed by atoms with Crippen molar-refractivity contribution in [2.45, 2.75) is 64.8 Å². The Kier molecular flexibility index (Phi) is 4.31. The normalized spacial score (nSPS) is 33.2. The number of aliphatic carboxylic acids is 1. The van der Waals surface area contributed by atoms with Crippen LogP contribution in [0.25, 0.3) is 0 Å². The van der Waals surface area contributed by atoms with Crippen molar-refractivity contribution in [1.29, 1.82) is 0 Å². The van der Waals surface area contributed by atoms with E-state index in [-0.39, 0.29) is 0 Å². The van der Waals surface area contributed by atoms with Crippen molar-refractivity contribution in [2.24, 2.45) is 11.3 Å². The van der Waals surface area contributed by atoms with Crippen LogP contribution in [0.1, 0.15) is 58.8 Å². The number of carbonyl (C=O) groups is 1. The summed E-state index contributed by atoms with van der Waals surface area (Å²) < 4.78 is 0. The number of hydrogen-bond donors (Lipinski definition) is 1. The lowest BCUT2D eigenvalue weighted by Crippen LogP contribution is -2.50. The SMILES string of the molecule is CCC1CCCCC1N1CCC(C)(C(=O)O)CC1. The maximum Gasteiger partial charge on any atom is 0.309 e. The lowest BCUT2D eigenvalue weighted by Gasteiger charge is -2.45. The number of piperidine rings is 1. The van der Waals surface area contributed by atoms with Gasteiger partial charge in [0, 0.05) is 6.04 Å². The van der Waals surface area contributed by atoms with Crippen LogP contribution in [-0.4, -0.2) is 35.1 Å². The summed E-state index contributed by atoms with van der Waals surface area (Å²) in [5, 5.41) is 9.27. The average molecular weight is 253 g/mol. The van der Waals surface area contributed by atoms with Crippen molar-refractivity contribution in [1.82, 2.24) is 4.90 Å². The molecular weight excluding hydrogens is 226 g/mol. The van der Waals surface area contributed by atoms with Gasteiger partial charge in [-0.25, -0.2) is 0 Å². The van der Waals surface area contributed by atoms with E-state index in [1.54, 1.807) is 0 Å². The first-order valence-electron chi connectivity index (χ1n) is 7.54. The van der Waals surface area contributed by atoms with Gasteiger partial charge in [0.1, 0.15) is 0 Å². The second-order valence-corrected chi connectivity index (χ2v) is 6.42. The largest absolute Gasteiger partial charge is 0.481 e. The Morgan fingerprint density at radius 3 is 2.44 bits per heavy atom. The molecule has 3 heteroatoms. The van der Waals surface area contributed by atoms with Crippen molar-refractivity contribution in [2.75, 3.05) is 13.1 Å². The third-order valence-corrected chi connectivity index (χ3v) is 5.28. The van der Waals surface area contributed by atoms with Crippen LogP contribution in [0.15, 0.2) is 0 Å². The minimum Gasteiger partial charge on any atom is -0.481 e. The summed E-state index contributed by atoms with van der Waals surface area (Å²) in [6.45, 7) is 6.16. The lowest BCUT2D eigenvalue weighted by molar-refractivity contribution is -0.151. The molecule has 18 heavy (non-hydrogen) atoms. The molecule has 0 aromatic heterocycles. The molecule has 0 aromatic rings. The number of carboxylic acids is 1. The van der Waals surface area contributed by atoms with Crippen LogP contribution in [0.2, 0.25) is 0 Å². The Balaban J connectivity index is 1.94. The zero-order valence-electron chi connectivity index (χ0n) is 11.8. The highest BCUT2D eigenvalue weighted by Crippen LogP contribution is 2.36. The average Bonchev–Trinajstić information content (AvgIpc) is 2.39. The summed E-state index contributed by atoms with van der Waals surface area (Å²) in [6, 6.07) is 0.724. The van der Waals surface area contributed by atoms with Gasteiger partial charge >= 0.3 is 5.97 Å². The molecular formula is C15H27NO2. The van der Waals surface area contributed by atoms with Gasteiger partial charge in [0.25, 0.3) is 0 Å². The van der Waals surface area contributed by atoms with Crippen LogP contribution in [0.4, 0.5) is 0 Å². The van der Waals surface area contributed by atoms with E-state index in [0.717, 1.165) is 37.9 Å². The highest BCUT2D eigenvalue weighted by Gasteiger charge is 2.39. The Morgan fingerprint density at radius 1 is 1.28 bits per heavy atom. The van der Waals surface area contributed by atoms with Crippen LogP contribution in [-0.2, 0) is 4.79 Å². The van der Waals surface area contributed by atoms with Crippen molar-refractivity contribution >= 4 is 5.97 Å². The molecule has 0 bridgehead atoms. The van der Waals surface area contributed by atoms with Crippen LogP contribution in [0.3, 0.4) is 0 Å². The van der Waals surface area contributed by atoms with E-state index in [2.05, 4.69) is 11.8 Å². The first-order valence-corrected chi connectivity index (χ1v) is 7.54. The molecule has 2 fully saturated rings. The predicted molar refractivity (Wildman–Crippen MR) is 72.6 cm³/mol. The lowest BCUT2D eigenvalue weighted by atomic mass is 9.77. The summed E-state index contributed by atoms with van der Waals surface area (Å²) in [7, 11) is 0. The van der Waals surface area contributed by atoms with Crippen LogP contribution < -0.4 is 0 Å². The van der Waals surface area contributed by atoms with E-state index in [1.165, 1.54) is 32.1 Å². The van der Waals surface area contributed by atoms with Gasteiger partial charge in [-0.05, 0) is 51.6 Å². The summed E-state index contributed by atoms with van der Waals surface area (Å²) in [5.41, 5.74) is -0.479. The number of likely N-dealkylation sites (tertiary alicyclic amines) is 1. The first-order chi connectivity index (χ1) is 8.57. The van der Waals surface area contributed by atoms with Crippen molar-refractivity contribution in [3.8, 4) is 0 Å². The van der Waals surface area contributed by atoms with Gasteiger partial charge in [0.05, 0.1) is 5.41 Å². The van der Waals surface area contributed by atoms with E-state index >= 15 is 0 Å². The molecule has 3 nitrogen and oxygen atoms in total. The van der Waals surface area contributed by atoms with E-state index in [0.29, 0.717) is 0 Å². The minimum atomic E-state index is -0.613. The van der Waals surface area contributed by atoms with Crippen molar-refractivity contribution < 1.29 is 9.90 Å². The molecule has 2 unspecified atom stereocenters. The van der Waals surface area contributed by atoms with Gasteiger partial charge in [-0.2, -0.15) is 0 Å². The first kappa shape index (κ1) is 13.9. The third kappa shape index (κ3) is 2.71. The molecule has 2 aliphatic rings. The Morgan fingerprint density at radius 2 is 1.89 bits per heavy atom. The fourth-order valence-corrected chi connectivity index (χ4v) is 3.71. The fraction of sp³-hybridized carbons (Fsp3) is 0.933. The summed E-state index contributed by atoms with van der Waals surface area (Å²) in [5.74, 6) is 0.228. The molecule has 1 saturated carbocycles. The number of nitrogens with zero attached hydrogens (tertiary/aromatic N) is 1. The van der Waals surface area contributed by atoms with E-state index in [4.69, 9.17) is 0 Å². The smallest absolute Gasteiger partial charge is 0.309 e. The van der Waals surface area contributed by atoms with Crippen LogP contribution in [0, 0.1) is 11.3 Å². The third-order valence-electron chi connectivity index (χ3n) is 5.28. The Hall–Kier alpha value is -0.570. The van der Waals surface area contributed by atoms with Crippen molar-refractivity contribution in [3.63, 3.8) is 0 Å². The molecule has 1 aliphatic heterocycles. The number of rotatable bonds is 3. The minimum absolute atomic E-state index is 0.479. The summed E-state index contributed by atoms with van der Waals surface area (Å²) in [4.78, 5) is 13.8. The second kappa shape index (κ2) is 5.60. The topological polar surface area (TPSA) is 40.5 Å². The van der Waals surface area contributed by atoms with Crippen molar-refractivity contribution in [3.05, 3.63) is 0 Å². The molecule has 1 heterocycles. The fourth-order valence-electron chi connectivity index (χ4n) is 3.71. The molecule has 1 N–H and O–H groups in total. The molecule has 2 atom stereocenters. The van der Waals surface area contributed by atoms with Gasteiger partial charge in [0.2, 0.25) is 0 Å². The van der Waals surface area contributed by atoms with Gasteiger partial charge in [-0.3, -0.25) is 4.79 Å². The molecule has 0 amide bonds. The quantitative estimate of drug-likeness (QED) is 0.840. The zero-order valence-corrected chi connectivity index (χ0v) is 11.8.